The molecule has 21 heavy (non-hydrogen) atoms. The third kappa shape index (κ3) is 2.70. The number of benzene rings is 2. The second kappa shape index (κ2) is 5.48. The Kier molecular flexibility index (Phi) is 3.52. The monoisotopic (exact) mass is 282 g/mol. The van der Waals surface area contributed by atoms with Crippen molar-refractivity contribution in [3.63, 3.8) is 0 Å². The molecule has 0 aromatic heterocycles. The highest BCUT2D eigenvalue weighted by atomic mass is 16.5. The number of anilines is 1. The van der Waals surface area contributed by atoms with Gasteiger partial charge in [0.1, 0.15) is 5.75 Å². The lowest BCUT2D eigenvalue weighted by atomic mass is 9.98. The number of methoxy groups -OCH3 is 1. The van der Waals surface area contributed by atoms with Gasteiger partial charge in [-0.15, -0.1) is 0 Å². The van der Waals surface area contributed by atoms with Crippen LogP contribution in [0.2, 0.25) is 0 Å². The third-order valence-electron chi connectivity index (χ3n) is 3.81. The molecule has 1 heterocycles. The number of rotatable bonds is 3. The van der Waals surface area contributed by atoms with E-state index in [1.165, 1.54) is 0 Å². The van der Waals surface area contributed by atoms with Gasteiger partial charge in [0.25, 0.3) is 5.91 Å². The van der Waals surface area contributed by atoms with Gasteiger partial charge in [0.2, 0.25) is 0 Å². The van der Waals surface area contributed by atoms with Crippen LogP contribution in [0.25, 0.3) is 0 Å². The Morgan fingerprint density at radius 1 is 1.24 bits per heavy atom. The summed E-state index contributed by atoms with van der Waals surface area (Å²) in [6.45, 7) is 1.32. The van der Waals surface area contributed by atoms with Crippen LogP contribution >= 0.6 is 0 Å². The number of ether oxygens (including phenoxy) is 1. The van der Waals surface area contributed by atoms with E-state index < -0.39 is 0 Å². The van der Waals surface area contributed by atoms with Gasteiger partial charge < -0.3 is 15.4 Å². The summed E-state index contributed by atoms with van der Waals surface area (Å²) in [5, 5.41) is 0. The third-order valence-corrected chi connectivity index (χ3v) is 3.81. The minimum atomic E-state index is 0.0476. The number of carbonyl (C=O) groups is 1. The molecule has 0 saturated heterocycles. The minimum Gasteiger partial charge on any atom is -0.497 e. The van der Waals surface area contributed by atoms with Gasteiger partial charge in [-0.25, -0.2) is 0 Å². The van der Waals surface area contributed by atoms with Crippen molar-refractivity contribution in [1.29, 1.82) is 0 Å². The smallest absolute Gasteiger partial charge is 0.254 e. The van der Waals surface area contributed by atoms with Crippen molar-refractivity contribution < 1.29 is 9.53 Å². The van der Waals surface area contributed by atoms with Gasteiger partial charge in [0, 0.05) is 24.3 Å². The Morgan fingerprint density at radius 2 is 2.10 bits per heavy atom. The first-order valence-corrected chi connectivity index (χ1v) is 6.98. The van der Waals surface area contributed by atoms with Crippen LogP contribution < -0.4 is 10.5 Å². The first kappa shape index (κ1) is 13.5. The molecule has 1 amide bonds. The highest BCUT2D eigenvalue weighted by molar-refractivity contribution is 5.97. The van der Waals surface area contributed by atoms with Crippen molar-refractivity contribution in [2.24, 2.45) is 0 Å². The predicted octanol–water partition coefficient (Wildman–Crippen LogP) is 2.48. The molecular weight excluding hydrogens is 264 g/mol. The SMILES string of the molecule is COc1cccc(CN2CCc3ccc(N)cc3C2=O)c1. The number of fused-ring (bicyclic) bond motifs is 1. The van der Waals surface area contributed by atoms with Crippen molar-refractivity contribution >= 4 is 11.6 Å². The Morgan fingerprint density at radius 3 is 2.90 bits per heavy atom. The second-order valence-electron chi connectivity index (χ2n) is 5.24. The second-order valence-corrected chi connectivity index (χ2v) is 5.24. The number of nitrogens with two attached hydrogens (primary N) is 1. The summed E-state index contributed by atoms with van der Waals surface area (Å²) in [7, 11) is 1.64. The highest BCUT2D eigenvalue weighted by Crippen LogP contribution is 2.23. The number of nitrogens with zero attached hydrogens (tertiary/aromatic N) is 1. The summed E-state index contributed by atoms with van der Waals surface area (Å²) >= 11 is 0. The molecule has 108 valence electrons. The average Bonchev–Trinajstić information content (AvgIpc) is 2.51. The van der Waals surface area contributed by atoms with Crippen LogP contribution in [-0.2, 0) is 13.0 Å². The van der Waals surface area contributed by atoms with Crippen LogP contribution in [0.15, 0.2) is 42.5 Å². The lowest BCUT2D eigenvalue weighted by molar-refractivity contribution is 0.0727. The molecule has 0 atom stereocenters. The Labute approximate surface area is 124 Å². The normalized spacial score (nSPS) is 14.0. The summed E-state index contributed by atoms with van der Waals surface area (Å²) in [6.07, 6.45) is 0.866. The number of hydrogen-bond acceptors (Lipinski definition) is 3. The standard InChI is InChI=1S/C17H18N2O2/c1-21-15-4-2-3-12(9-15)11-19-8-7-13-5-6-14(18)10-16(13)17(19)20/h2-6,9-10H,7-8,11,18H2,1H3. The molecule has 2 aromatic carbocycles. The molecule has 2 aromatic rings. The molecule has 4 heteroatoms. The van der Waals surface area contributed by atoms with Crippen LogP contribution in [0.4, 0.5) is 5.69 Å². The quantitative estimate of drug-likeness (QED) is 0.880. The largest absolute Gasteiger partial charge is 0.497 e. The molecule has 0 bridgehead atoms. The van der Waals surface area contributed by atoms with Crippen LogP contribution in [-0.4, -0.2) is 24.5 Å². The molecule has 0 saturated carbocycles. The molecular formula is C17H18N2O2. The molecule has 0 spiro atoms. The van der Waals surface area contributed by atoms with Crippen molar-refractivity contribution in [3.05, 3.63) is 59.2 Å². The van der Waals surface area contributed by atoms with Crippen molar-refractivity contribution in [3.8, 4) is 5.75 Å². The molecule has 1 aliphatic rings. The average molecular weight is 282 g/mol. The molecule has 3 rings (SSSR count). The maximum absolute atomic E-state index is 12.6. The van der Waals surface area contributed by atoms with Crippen molar-refractivity contribution in [2.45, 2.75) is 13.0 Å². The zero-order chi connectivity index (χ0) is 14.8. The van der Waals surface area contributed by atoms with E-state index in [2.05, 4.69) is 0 Å². The van der Waals surface area contributed by atoms with E-state index in [1.54, 1.807) is 13.2 Å². The summed E-state index contributed by atoms with van der Waals surface area (Å²) < 4.78 is 5.22. The Balaban J connectivity index is 1.83. The molecule has 0 radical (unpaired) electrons. The molecule has 4 nitrogen and oxygen atoms in total. The maximum Gasteiger partial charge on any atom is 0.254 e. The van der Waals surface area contributed by atoms with Gasteiger partial charge in [-0.05, 0) is 41.8 Å². The fourth-order valence-electron chi connectivity index (χ4n) is 2.68. The summed E-state index contributed by atoms with van der Waals surface area (Å²) in [4.78, 5) is 14.4. The van der Waals surface area contributed by atoms with Gasteiger partial charge in [0.15, 0.2) is 0 Å². The molecule has 2 N–H and O–H groups in total. The fourth-order valence-corrected chi connectivity index (χ4v) is 2.68. The van der Waals surface area contributed by atoms with Gasteiger partial charge in [0.05, 0.1) is 7.11 Å². The van der Waals surface area contributed by atoms with E-state index >= 15 is 0 Å². The van der Waals surface area contributed by atoms with E-state index in [-0.39, 0.29) is 5.91 Å². The lowest BCUT2D eigenvalue weighted by Gasteiger charge is -2.29. The van der Waals surface area contributed by atoms with Crippen molar-refractivity contribution in [1.82, 2.24) is 4.90 Å². The number of amides is 1. The Hall–Kier alpha value is -2.49. The van der Waals surface area contributed by atoms with E-state index in [0.29, 0.717) is 12.2 Å². The van der Waals surface area contributed by atoms with Crippen LogP contribution in [0.1, 0.15) is 21.5 Å². The molecule has 0 fully saturated rings. The van der Waals surface area contributed by atoms with E-state index in [1.807, 2.05) is 41.3 Å². The van der Waals surface area contributed by atoms with Crippen LogP contribution in [0, 0.1) is 0 Å². The van der Waals surface area contributed by atoms with E-state index in [0.717, 1.165) is 35.4 Å². The highest BCUT2D eigenvalue weighted by Gasteiger charge is 2.24. The lowest BCUT2D eigenvalue weighted by Crippen LogP contribution is -2.37. The molecule has 1 aliphatic heterocycles. The first-order valence-electron chi connectivity index (χ1n) is 6.98. The minimum absolute atomic E-state index is 0.0476. The number of nitrogen functional groups attached to an aromatic ring is 1. The Bertz CT molecular complexity index is 682. The van der Waals surface area contributed by atoms with Crippen molar-refractivity contribution in [2.75, 3.05) is 19.4 Å². The van der Waals surface area contributed by atoms with Crippen LogP contribution in [0.3, 0.4) is 0 Å². The van der Waals surface area contributed by atoms with E-state index in [9.17, 15) is 4.79 Å². The molecule has 0 aliphatic carbocycles. The van der Waals surface area contributed by atoms with Crippen LogP contribution in [0.5, 0.6) is 5.75 Å². The van der Waals surface area contributed by atoms with Gasteiger partial charge in [-0.2, -0.15) is 0 Å². The van der Waals surface area contributed by atoms with E-state index in [4.69, 9.17) is 10.5 Å². The van der Waals surface area contributed by atoms with Gasteiger partial charge >= 0.3 is 0 Å². The molecule has 0 unspecified atom stereocenters. The maximum atomic E-state index is 12.6. The zero-order valence-corrected chi connectivity index (χ0v) is 12.0. The summed E-state index contributed by atoms with van der Waals surface area (Å²) in [6, 6.07) is 13.4. The van der Waals surface area contributed by atoms with Gasteiger partial charge in [-0.1, -0.05) is 18.2 Å². The summed E-state index contributed by atoms with van der Waals surface area (Å²) in [5.41, 5.74) is 9.29. The zero-order valence-electron chi connectivity index (χ0n) is 12.0. The fraction of sp³-hybridized carbons (Fsp3) is 0.235. The number of carbonyl (C=O) groups excluding carboxylic acids is 1. The summed E-state index contributed by atoms with van der Waals surface area (Å²) in [5.74, 6) is 0.855. The predicted molar refractivity (Wildman–Crippen MR) is 82.3 cm³/mol. The first-order chi connectivity index (χ1) is 10.2. The number of hydrogen-bond donors (Lipinski definition) is 1. The van der Waals surface area contributed by atoms with Gasteiger partial charge in [-0.3, -0.25) is 4.79 Å². The topological polar surface area (TPSA) is 55.6 Å².